The number of aromatic nitrogens is 7. The number of hydrogen-bond donors (Lipinski definition) is 1. The van der Waals surface area contributed by atoms with Crippen LogP contribution in [0.3, 0.4) is 0 Å². The number of carbonyl (C=O) groups is 1. The van der Waals surface area contributed by atoms with Crippen LogP contribution < -0.4 is 10.9 Å². The van der Waals surface area contributed by atoms with Gasteiger partial charge in [0.25, 0.3) is 5.56 Å². The second kappa shape index (κ2) is 11.4. The highest BCUT2D eigenvalue weighted by molar-refractivity contribution is 6.31. The molecule has 2 bridgehead atoms. The Morgan fingerprint density at radius 1 is 1.02 bits per heavy atom. The van der Waals surface area contributed by atoms with Gasteiger partial charge in [0.05, 0.1) is 57.6 Å². The van der Waals surface area contributed by atoms with Gasteiger partial charge in [-0.15, -0.1) is 5.10 Å². The van der Waals surface area contributed by atoms with E-state index in [2.05, 4.69) is 30.6 Å². The number of carbonyl (C=O) groups excluding carboxylic acids is 1. The molecule has 1 aliphatic rings. The van der Waals surface area contributed by atoms with Crippen LogP contribution in [0.4, 0.5) is 10.1 Å². The molecule has 13 heteroatoms. The standard InChI is InChI=1S/C29H23Cl2FN8O2/c1-16-4-2-6-22(20-12-17(9-11-33-20)28-19(36-29(16)42)5-3-10-34-28)39-15-35-21(13-25(39)41)26-23(8-7-18(30)27(26)32)40-14-24(31)37-38-40/h3,5,7-16,22H,2,4,6H2,1H3,(H,36,42)/t16-,22+/m1/s1. The average Bonchev–Trinajstić information content (AvgIpc) is 3.42. The zero-order valence-electron chi connectivity index (χ0n) is 22.2. The van der Waals surface area contributed by atoms with Crippen molar-refractivity contribution in [1.82, 2.24) is 34.5 Å². The molecule has 2 atom stereocenters. The molecule has 1 N–H and O–H groups in total. The van der Waals surface area contributed by atoms with Crippen molar-refractivity contribution in [3.05, 3.63) is 99.4 Å². The number of fused-ring (bicyclic) bond motifs is 4. The lowest BCUT2D eigenvalue weighted by Gasteiger charge is -2.22. The largest absolute Gasteiger partial charge is 0.324 e. The predicted octanol–water partition coefficient (Wildman–Crippen LogP) is 5.74. The fourth-order valence-electron chi connectivity index (χ4n) is 5.07. The second-order valence-electron chi connectivity index (χ2n) is 9.97. The molecule has 1 amide bonds. The Morgan fingerprint density at radius 3 is 2.67 bits per heavy atom. The first kappa shape index (κ1) is 27.7. The third-order valence-electron chi connectivity index (χ3n) is 7.24. The highest BCUT2D eigenvalue weighted by atomic mass is 35.5. The molecule has 0 saturated carbocycles. The number of hydrogen-bond acceptors (Lipinski definition) is 7. The lowest BCUT2D eigenvalue weighted by Crippen LogP contribution is -2.27. The molecule has 5 aromatic rings. The Morgan fingerprint density at radius 2 is 1.88 bits per heavy atom. The topological polar surface area (TPSA) is 120 Å². The third kappa shape index (κ3) is 5.28. The number of pyridine rings is 2. The van der Waals surface area contributed by atoms with E-state index in [9.17, 15) is 9.59 Å². The van der Waals surface area contributed by atoms with Crippen LogP contribution in [-0.2, 0) is 4.79 Å². The highest BCUT2D eigenvalue weighted by Gasteiger charge is 2.24. The van der Waals surface area contributed by atoms with Gasteiger partial charge >= 0.3 is 0 Å². The van der Waals surface area contributed by atoms with Crippen LogP contribution in [0.1, 0.15) is 37.9 Å². The van der Waals surface area contributed by atoms with E-state index in [0.717, 1.165) is 5.56 Å². The number of nitrogens with one attached hydrogen (secondary N) is 1. The first-order valence-corrected chi connectivity index (χ1v) is 13.9. The zero-order chi connectivity index (χ0) is 29.4. The quantitative estimate of drug-likeness (QED) is 0.278. The summed E-state index contributed by atoms with van der Waals surface area (Å²) in [5, 5.41) is 10.6. The Hall–Kier alpha value is -4.48. The molecule has 1 aliphatic heterocycles. The molecule has 0 saturated heterocycles. The molecule has 4 aromatic heterocycles. The van der Waals surface area contributed by atoms with Crippen molar-refractivity contribution in [2.75, 3.05) is 5.32 Å². The molecule has 5 heterocycles. The van der Waals surface area contributed by atoms with Crippen LogP contribution in [0.2, 0.25) is 10.2 Å². The van der Waals surface area contributed by atoms with E-state index in [0.29, 0.717) is 36.3 Å². The van der Waals surface area contributed by atoms with Crippen molar-refractivity contribution >= 4 is 34.8 Å². The molecular weight excluding hydrogens is 582 g/mol. The van der Waals surface area contributed by atoms with Gasteiger partial charge in [0.2, 0.25) is 5.91 Å². The van der Waals surface area contributed by atoms with Crippen molar-refractivity contribution in [2.24, 2.45) is 5.92 Å². The summed E-state index contributed by atoms with van der Waals surface area (Å²) in [5.74, 6) is -1.13. The van der Waals surface area contributed by atoms with Crippen LogP contribution in [0.25, 0.3) is 28.2 Å². The molecule has 0 fully saturated rings. The minimum atomic E-state index is -0.760. The summed E-state index contributed by atoms with van der Waals surface area (Å²) in [6, 6.07) is 10.9. The van der Waals surface area contributed by atoms with E-state index in [1.807, 2.05) is 13.0 Å². The molecule has 0 unspecified atom stereocenters. The minimum Gasteiger partial charge on any atom is -0.324 e. The van der Waals surface area contributed by atoms with E-state index >= 15 is 4.39 Å². The summed E-state index contributed by atoms with van der Waals surface area (Å²) in [5.41, 5.74) is 2.45. The van der Waals surface area contributed by atoms with Crippen LogP contribution in [0.15, 0.2) is 72.2 Å². The number of halogens is 3. The van der Waals surface area contributed by atoms with Gasteiger partial charge in [0.1, 0.15) is 0 Å². The predicted molar refractivity (Wildman–Crippen MR) is 156 cm³/mol. The molecule has 212 valence electrons. The van der Waals surface area contributed by atoms with Gasteiger partial charge < -0.3 is 5.32 Å². The smallest absolute Gasteiger partial charge is 0.254 e. The van der Waals surface area contributed by atoms with Crippen LogP contribution in [0.5, 0.6) is 0 Å². The number of benzene rings is 1. The molecule has 42 heavy (non-hydrogen) atoms. The SMILES string of the molecule is C[C@@H]1CCC[C@H](n2cnc(-c3c(-n4cc(Cl)nn4)ccc(Cl)c3F)cc2=O)c2cc(ccn2)-c2ncccc2NC1=O. The van der Waals surface area contributed by atoms with Crippen molar-refractivity contribution in [1.29, 1.82) is 0 Å². The Bertz CT molecular complexity index is 1870. The van der Waals surface area contributed by atoms with Crippen LogP contribution >= 0.6 is 23.2 Å². The van der Waals surface area contributed by atoms with Crippen molar-refractivity contribution in [3.8, 4) is 28.2 Å². The lowest BCUT2D eigenvalue weighted by atomic mass is 9.96. The maximum Gasteiger partial charge on any atom is 0.254 e. The van der Waals surface area contributed by atoms with E-state index in [1.165, 1.54) is 33.9 Å². The van der Waals surface area contributed by atoms with Gasteiger partial charge in [-0.1, -0.05) is 41.8 Å². The van der Waals surface area contributed by atoms with Crippen molar-refractivity contribution in [3.63, 3.8) is 0 Å². The maximum absolute atomic E-state index is 15.4. The zero-order valence-corrected chi connectivity index (χ0v) is 23.7. The second-order valence-corrected chi connectivity index (χ2v) is 10.8. The van der Waals surface area contributed by atoms with Crippen molar-refractivity contribution < 1.29 is 9.18 Å². The van der Waals surface area contributed by atoms with Crippen LogP contribution in [0, 0.1) is 11.7 Å². The van der Waals surface area contributed by atoms with Gasteiger partial charge in [-0.3, -0.25) is 24.1 Å². The van der Waals surface area contributed by atoms with E-state index in [1.54, 1.807) is 36.7 Å². The first-order valence-electron chi connectivity index (χ1n) is 13.2. The van der Waals surface area contributed by atoms with Crippen LogP contribution in [-0.4, -0.2) is 40.4 Å². The molecule has 0 radical (unpaired) electrons. The van der Waals surface area contributed by atoms with Gasteiger partial charge in [-0.2, -0.15) is 0 Å². The molecule has 0 spiro atoms. The summed E-state index contributed by atoms with van der Waals surface area (Å²) in [4.78, 5) is 40.1. The van der Waals surface area contributed by atoms with E-state index in [4.69, 9.17) is 23.2 Å². The van der Waals surface area contributed by atoms with Gasteiger partial charge in [-0.25, -0.2) is 14.1 Å². The summed E-state index contributed by atoms with van der Waals surface area (Å²) in [7, 11) is 0. The molecule has 0 aliphatic carbocycles. The summed E-state index contributed by atoms with van der Waals surface area (Å²) in [6.45, 7) is 1.87. The Labute approximate surface area is 249 Å². The number of anilines is 1. The summed E-state index contributed by atoms with van der Waals surface area (Å²) < 4.78 is 18.1. The molecule has 10 nitrogen and oxygen atoms in total. The van der Waals surface area contributed by atoms with Crippen molar-refractivity contribution in [2.45, 2.75) is 32.2 Å². The fraction of sp³-hybridized carbons (Fsp3) is 0.207. The lowest BCUT2D eigenvalue weighted by molar-refractivity contribution is -0.119. The number of rotatable bonds is 3. The Kier molecular flexibility index (Phi) is 7.53. The van der Waals surface area contributed by atoms with Gasteiger partial charge in [-0.05, 0) is 49.2 Å². The molecule has 1 aromatic carbocycles. The first-order chi connectivity index (χ1) is 20.3. The summed E-state index contributed by atoms with van der Waals surface area (Å²) >= 11 is 12.0. The minimum absolute atomic E-state index is 0.0188. The Balaban J connectivity index is 1.45. The normalized spacial score (nSPS) is 17.1. The monoisotopic (exact) mass is 604 g/mol. The van der Waals surface area contributed by atoms with E-state index in [-0.39, 0.29) is 38.9 Å². The summed E-state index contributed by atoms with van der Waals surface area (Å²) in [6.07, 6.45) is 7.83. The number of amides is 1. The number of nitrogens with zero attached hydrogens (tertiary/aromatic N) is 7. The van der Waals surface area contributed by atoms with E-state index < -0.39 is 17.4 Å². The van der Waals surface area contributed by atoms with Gasteiger partial charge in [0.15, 0.2) is 11.0 Å². The van der Waals surface area contributed by atoms with Gasteiger partial charge in [0, 0.05) is 29.9 Å². The molecule has 6 rings (SSSR count). The molecular formula is C29H23Cl2FN8O2. The maximum atomic E-state index is 15.4. The average molecular weight is 605 g/mol. The fourth-order valence-corrected chi connectivity index (χ4v) is 5.35. The highest BCUT2D eigenvalue weighted by Crippen LogP contribution is 2.34. The third-order valence-corrected chi connectivity index (χ3v) is 7.70.